The number of hydrogen-bond acceptors (Lipinski definition) is 1. The maximum atomic E-state index is 11.2. The standard InChI is InChI=1S/C15H22O2/c1-4-5-6-14(15(16)17)13-9-7-12(8-10-13)11(2)3/h7-11,14H,4-6H2,1-3H3,(H,16,17). The topological polar surface area (TPSA) is 37.3 Å². The van der Waals surface area contributed by atoms with Crippen LogP contribution < -0.4 is 0 Å². The molecule has 0 aliphatic rings. The summed E-state index contributed by atoms with van der Waals surface area (Å²) in [6.45, 7) is 6.36. The average molecular weight is 234 g/mol. The molecule has 0 spiro atoms. The molecule has 1 aromatic rings. The molecule has 2 heteroatoms. The number of hydrogen-bond donors (Lipinski definition) is 1. The lowest BCUT2D eigenvalue weighted by atomic mass is 9.91. The molecule has 0 saturated heterocycles. The first-order chi connectivity index (χ1) is 8.06. The lowest BCUT2D eigenvalue weighted by Crippen LogP contribution is -2.11. The minimum Gasteiger partial charge on any atom is -0.481 e. The predicted molar refractivity (Wildman–Crippen MR) is 70.4 cm³/mol. The zero-order valence-corrected chi connectivity index (χ0v) is 10.9. The highest BCUT2D eigenvalue weighted by Crippen LogP contribution is 2.24. The number of carbonyl (C=O) groups is 1. The maximum Gasteiger partial charge on any atom is 0.310 e. The first-order valence-corrected chi connectivity index (χ1v) is 6.39. The van der Waals surface area contributed by atoms with Gasteiger partial charge in [0.25, 0.3) is 0 Å². The molecule has 94 valence electrons. The summed E-state index contributed by atoms with van der Waals surface area (Å²) >= 11 is 0. The van der Waals surface area contributed by atoms with Gasteiger partial charge < -0.3 is 5.11 Å². The molecule has 0 saturated carbocycles. The predicted octanol–water partition coefficient (Wildman–Crippen LogP) is 4.17. The van der Waals surface area contributed by atoms with Crippen molar-refractivity contribution in [1.82, 2.24) is 0 Å². The molecule has 0 radical (unpaired) electrons. The molecule has 2 nitrogen and oxygen atoms in total. The third-order valence-electron chi connectivity index (χ3n) is 3.15. The van der Waals surface area contributed by atoms with E-state index in [9.17, 15) is 9.90 Å². The average Bonchev–Trinajstić information content (AvgIpc) is 2.29. The number of aliphatic carboxylic acids is 1. The van der Waals surface area contributed by atoms with E-state index in [1.807, 2.05) is 24.3 Å². The van der Waals surface area contributed by atoms with Crippen molar-refractivity contribution < 1.29 is 9.90 Å². The van der Waals surface area contributed by atoms with E-state index in [2.05, 4.69) is 20.8 Å². The van der Waals surface area contributed by atoms with E-state index in [-0.39, 0.29) is 5.92 Å². The summed E-state index contributed by atoms with van der Waals surface area (Å²) in [6.07, 6.45) is 2.73. The van der Waals surface area contributed by atoms with Crippen LogP contribution in [0.2, 0.25) is 0 Å². The zero-order valence-electron chi connectivity index (χ0n) is 10.9. The molecule has 0 bridgehead atoms. The van der Waals surface area contributed by atoms with Gasteiger partial charge in [-0.05, 0) is 23.5 Å². The summed E-state index contributed by atoms with van der Waals surface area (Å²) in [4.78, 5) is 11.2. The summed E-state index contributed by atoms with van der Waals surface area (Å²) in [5.41, 5.74) is 2.18. The van der Waals surface area contributed by atoms with Crippen LogP contribution in [0.5, 0.6) is 0 Å². The van der Waals surface area contributed by atoms with Crippen LogP contribution in [0, 0.1) is 0 Å². The highest BCUT2D eigenvalue weighted by Gasteiger charge is 2.18. The van der Waals surface area contributed by atoms with Crippen LogP contribution in [0.3, 0.4) is 0 Å². The van der Waals surface area contributed by atoms with Gasteiger partial charge in [-0.3, -0.25) is 4.79 Å². The smallest absolute Gasteiger partial charge is 0.310 e. The van der Waals surface area contributed by atoms with Gasteiger partial charge in [-0.15, -0.1) is 0 Å². The first kappa shape index (κ1) is 13.8. The SMILES string of the molecule is CCCCC(C(=O)O)c1ccc(C(C)C)cc1. The molecule has 0 amide bonds. The summed E-state index contributed by atoms with van der Waals surface area (Å²) in [6, 6.07) is 8.01. The molecule has 0 aliphatic heterocycles. The fraction of sp³-hybridized carbons (Fsp3) is 0.533. The van der Waals surface area contributed by atoms with E-state index in [1.54, 1.807) is 0 Å². The summed E-state index contributed by atoms with van der Waals surface area (Å²) in [5, 5.41) is 9.23. The Labute approximate surface area is 104 Å². The molecule has 1 N–H and O–H groups in total. The van der Waals surface area contributed by atoms with Crippen LogP contribution in [0.25, 0.3) is 0 Å². The second kappa shape index (κ2) is 6.43. The molecule has 0 fully saturated rings. The van der Waals surface area contributed by atoms with Crippen LogP contribution in [-0.4, -0.2) is 11.1 Å². The molecular formula is C15H22O2. The third-order valence-corrected chi connectivity index (χ3v) is 3.15. The van der Waals surface area contributed by atoms with Crippen molar-refractivity contribution in [3.63, 3.8) is 0 Å². The van der Waals surface area contributed by atoms with Gasteiger partial charge >= 0.3 is 5.97 Å². The molecule has 1 atom stereocenters. The Hall–Kier alpha value is -1.31. The molecular weight excluding hydrogens is 212 g/mol. The van der Waals surface area contributed by atoms with Crippen molar-refractivity contribution in [2.24, 2.45) is 0 Å². The molecule has 1 unspecified atom stereocenters. The Morgan fingerprint density at radius 3 is 2.12 bits per heavy atom. The van der Waals surface area contributed by atoms with Crippen molar-refractivity contribution in [1.29, 1.82) is 0 Å². The first-order valence-electron chi connectivity index (χ1n) is 6.39. The van der Waals surface area contributed by atoms with Crippen molar-refractivity contribution >= 4 is 5.97 Å². The van der Waals surface area contributed by atoms with Crippen molar-refractivity contribution in [3.05, 3.63) is 35.4 Å². The molecule has 0 aromatic heterocycles. The number of carboxylic acids is 1. The highest BCUT2D eigenvalue weighted by atomic mass is 16.4. The minimum absolute atomic E-state index is 0.351. The Morgan fingerprint density at radius 2 is 1.71 bits per heavy atom. The monoisotopic (exact) mass is 234 g/mol. The second-order valence-corrected chi connectivity index (χ2v) is 4.85. The molecule has 0 aliphatic carbocycles. The van der Waals surface area contributed by atoms with Gasteiger partial charge in [-0.25, -0.2) is 0 Å². The minimum atomic E-state index is -0.712. The zero-order chi connectivity index (χ0) is 12.8. The van der Waals surface area contributed by atoms with Crippen LogP contribution in [0.4, 0.5) is 0 Å². The quantitative estimate of drug-likeness (QED) is 0.802. The van der Waals surface area contributed by atoms with Gasteiger partial charge in [0.05, 0.1) is 5.92 Å². The van der Waals surface area contributed by atoms with Crippen LogP contribution >= 0.6 is 0 Å². The van der Waals surface area contributed by atoms with Crippen molar-refractivity contribution in [2.75, 3.05) is 0 Å². The fourth-order valence-electron chi connectivity index (χ4n) is 1.95. The van der Waals surface area contributed by atoms with Crippen molar-refractivity contribution in [3.8, 4) is 0 Å². The Kier molecular flexibility index (Phi) is 5.20. The van der Waals surface area contributed by atoms with E-state index in [0.717, 1.165) is 24.8 Å². The van der Waals surface area contributed by atoms with Gasteiger partial charge in [0, 0.05) is 0 Å². The Bertz CT molecular complexity index is 352. The van der Waals surface area contributed by atoms with Gasteiger partial charge in [-0.1, -0.05) is 57.9 Å². The fourth-order valence-corrected chi connectivity index (χ4v) is 1.95. The van der Waals surface area contributed by atoms with Crippen LogP contribution in [-0.2, 0) is 4.79 Å². The van der Waals surface area contributed by atoms with Crippen LogP contribution in [0.1, 0.15) is 63.0 Å². The van der Waals surface area contributed by atoms with E-state index in [0.29, 0.717) is 5.92 Å². The summed E-state index contributed by atoms with van der Waals surface area (Å²) in [7, 11) is 0. The Morgan fingerprint density at radius 1 is 1.18 bits per heavy atom. The number of carboxylic acid groups (broad SMARTS) is 1. The maximum absolute atomic E-state index is 11.2. The molecule has 1 rings (SSSR count). The lowest BCUT2D eigenvalue weighted by molar-refractivity contribution is -0.139. The third kappa shape index (κ3) is 3.88. The normalized spacial score (nSPS) is 12.7. The highest BCUT2D eigenvalue weighted by molar-refractivity contribution is 5.76. The second-order valence-electron chi connectivity index (χ2n) is 4.85. The summed E-state index contributed by atoms with van der Waals surface area (Å²) in [5.74, 6) is -0.574. The van der Waals surface area contributed by atoms with Gasteiger partial charge in [-0.2, -0.15) is 0 Å². The van der Waals surface area contributed by atoms with E-state index in [4.69, 9.17) is 0 Å². The number of rotatable bonds is 6. The summed E-state index contributed by atoms with van der Waals surface area (Å²) < 4.78 is 0. The van der Waals surface area contributed by atoms with Gasteiger partial charge in [0.1, 0.15) is 0 Å². The van der Waals surface area contributed by atoms with E-state index >= 15 is 0 Å². The molecule has 17 heavy (non-hydrogen) atoms. The van der Waals surface area contributed by atoms with Gasteiger partial charge in [0.15, 0.2) is 0 Å². The van der Waals surface area contributed by atoms with Gasteiger partial charge in [0.2, 0.25) is 0 Å². The van der Waals surface area contributed by atoms with E-state index < -0.39 is 5.97 Å². The number of benzene rings is 1. The largest absolute Gasteiger partial charge is 0.481 e. The lowest BCUT2D eigenvalue weighted by Gasteiger charge is -2.13. The number of unbranched alkanes of at least 4 members (excludes halogenated alkanes) is 1. The molecule has 1 aromatic carbocycles. The van der Waals surface area contributed by atoms with E-state index in [1.165, 1.54) is 5.56 Å². The van der Waals surface area contributed by atoms with Crippen molar-refractivity contribution in [2.45, 2.75) is 51.9 Å². The Balaban J connectivity index is 2.83. The van der Waals surface area contributed by atoms with Crippen LogP contribution in [0.15, 0.2) is 24.3 Å². The molecule has 0 heterocycles.